The smallest absolute Gasteiger partial charge is 0.241 e. The Morgan fingerprint density at radius 1 is 1.11 bits per heavy atom. The van der Waals surface area contributed by atoms with Gasteiger partial charge in [0.15, 0.2) is 0 Å². The molecule has 1 heterocycles. The van der Waals surface area contributed by atoms with Crippen LogP contribution in [0.25, 0.3) is 0 Å². The lowest BCUT2D eigenvalue weighted by Crippen LogP contribution is -2.65. The predicted octanol–water partition coefficient (Wildman–Crippen LogP) is 4.60. The molecule has 1 saturated carbocycles. The van der Waals surface area contributed by atoms with Gasteiger partial charge in [-0.05, 0) is 85.8 Å². The number of hydrogen-bond acceptors (Lipinski definition) is 4. The van der Waals surface area contributed by atoms with Crippen LogP contribution in [-0.2, 0) is 26.7 Å². The molecule has 0 unspecified atom stereocenters. The first-order valence-electron chi connectivity index (χ1n) is 13.1. The molecule has 3 aliphatic rings. The summed E-state index contributed by atoms with van der Waals surface area (Å²) in [7, 11) is -3.65. The number of likely N-dealkylation sites (tertiary alicyclic amines) is 1. The average molecular weight is 511 g/mol. The Morgan fingerprint density at radius 3 is 2.61 bits per heavy atom. The molecule has 36 heavy (non-hydrogen) atoms. The maximum absolute atomic E-state index is 13.9. The fraction of sp³-hybridized carbons (Fsp3) is 0.552. The molecule has 0 spiro atoms. The van der Waals surface area contributed by atoms with Gasteiger partial charge in [0.2, 0.25) is 15.9 Å². The SMILES string of the molecule is Cc1ccc(C)c(S(=O)(=O)N[C@@H]2CC[C@@H](C(=O)N3CC[C@@]4(C)c5cccc(O)c5C[C@@H]3C4(C)C)C2)c1. The summed E-state index contributed by atoms with van der Waals surface area (Å²) in [6.45, 7) is 11.2. The monoisotopic (exact) mass is 510 g/mol. The molecule has 2 aromatic carbocycles. The summed E-state index contributed by atoms with van der Waals surface area (Å²) in [5.41, 5.74) is 3.52. The molecule has 7 heteroatoms. The average Bonchev–Trinajstić information content (AvgIpc) is 3.25. The molecule has 0 aromatic heterocycles. The summed E-state index contributed by atoms with van der Waals surface area (Å²) in [4.78, 5) is 16.2. The van der Waals surface area contributed by atoms with Gasteiger partial charge in [-0.2, -0.15) is 0 Å². The number of nitrogens with one attached hydrogen (secondary N) is 1. The van der Waals surface area contributed by atoms with E-state index in [1.54, 1.807) is 19.1 Å². The van der Waals surface area contributed by atoms with Gasteiger partial charge < -0.3 is 10.0 Å². The molecule has 4 atom stereocenters. The van der Waals surface area contributed by atoms with Crippen LogP contribution in [0.5, 0.6) is 5.75 Å². The number of rotatable bonds is 4. The van der Waals surface area contributed by atoms with Gasteiger partial charge in [-0.1, -0.05) is 45.0 Å². The molecule has 2 aromatic rings. The van der Waals surface area contributed by atoms with E-state index < -0.39 is 10.0 Å². The van der Waals surface area contributed by atoms with Crippen LogP contribution in [0, 0.1) is 25.2 Å². The van der Waals surface area contributed by atoms with Crippen LogP contribution in [0.1, 0.15) is 68.7 Å². The maximum atomic E-state index is 13.9. The minimum Gasteiger partial charge on any atom is -0.508 e. The Labute approximate surface area is 215 Å². The van der Waals surface area contributed by atoms with Crippen LogP contribution in [0.15, 0.2) is 41.3 Å². The standard InChI is InChI=1S/C29H38N2O4S/c1-18-9-10-19(2)25(15-18)36(34,35)30-21-12-11-20(16-21)27(33)31-14-13-29(5)23-7-6-8-24(32)22(23)17-26(31)28(29,3)4/h6-10,15,20-21,26,30,32H,11-14,16-17H2,1-5H3/t20-,21-,26-,29+/m1/s1. The lowest BCUT2D eigenvalue weighted by atomic mass is 9.51. The van der Waals surface area contributed by atoms with Crippen molar-refractivity contribution in [1.29, 1.82) is 0 Å². The molecule has 6 nitrogen and oxygen atoms in total. The number of amides is 1. The number of carbonyl (C=O) groups excluding carboxylic acids is 1. The fourth-order valence-corrected chi connectivity index (χ4v) is 8.63. The summed E-state index contributed by atoms with van der Waals surface area (Å²) < 4.78 is 29.1. The van der Waals surface area contributed by atoms with Gasteiger partial charge in [0, 0.05) is 30.0 Å². The molecule has 2 fully saturated rings. The Morgan fingerprint density at radius 2 is 1.86 bits per heavy atom. The number of piperidine rings is 1. The number of phenolic OH excluding ortho intramolecular Hbond substituents is 1. The Hall–Kier alpha value is -2.38. The highest BCUT2D eigenvalue weighted by Gasteiger charge is 2.57. The molecule has 194 valence electrons. The highest BCUT2D eigenvalue weighted by molar-refractivity contribution is 7.89. The van der Waals surface area contributed by atoms with Crippen molar-refractivity contribution in [2.45, 2.75) is 89.1 Å². The van der Waals surface area contributed by atoms with Crippen LogP contribution >= 0.6 is 0 Å². The van der Waals surface area contributed by atoms with Crippen molar-refractivity contribution >= 4 is 15.9 Å². The number of fused-ring (bicyclic) bond motifs is 4. The minimum atomic E-state index is -3.65. The summed E-state index contributed by atoms with van der Waals surface area (Å²) in [5.74, 6) is 0.250. The molecule has 0 radical (unpaired) electrons. The second kappa shape index (κ2) is 8.59. The maximum Gasteiger partial charge on any atom is 0.241 e. The van der Waals surface area contributed by atoms with E-state index in [0.717, 1.165) is 23.1 Å². The molecule has 2 aliphatic carbocycles. The van der Waals surface area contributed by atoms with Crippen molar-refractivity contribution in [2.24, 2.45) is 11.3 Å². The van der Waals surface area contributed by atoms with E-state index in [-0.39, 0.29) is 34.7 Å². The summed E-state index contributed by atoms with van der Waals surface area (Å²) in [5, 5.41) is 10.6. The van der Waals surface area contributed by atoms with Crippen LogP contribution < -0.4 is 4.72 Å². The van der Waals surface area contributed by atoms with Gasteiger partial charge in [-0.25, -0.2) is 13.1 Å². The topological polar surface area (TPSA) is 86.7 Å². The van der Waals surface area contributed by atoms with Gasteiger partial charge in [0.25, 0.3) is 0 Å². The van der Waals surface area contributed by atoms with E-state index in [1.165, 1.54) is 5.56 Å². The first-order valence-corrected chi connectivity index (χ1v) is 14.5. The number of sulfonamides is 1. The highest BCUT2D eigenvalue weighted by atomic mass is 32.2. The van der Waals surface area contributed by atoms with Gasteiger partial charge in [0.1, 0.15) is 5.75 Å². The summed E-state index contributed by atoms with van der Waals surface area (Å²) in [6.07, 6.45) is 3.34. The quantitative estimate of drug-likeness (QED) is 0.630. The van der Waals surface area contributed by atoms with Gasteiger partial charge in [0.05, 0.1) is 4.90 Å². The third-order valence-corrected chi connectivity index (χ3v) is 11.3. The number of phenols is 1. The van der Waals surface area contributed by atoms with Gasteiger partial charge in [-0.15, -0.1) is 0 Å². The normalized spacial score (nSPS) is 29.1. The van der Waals surface area contributed by atoms with Crippen molar-refractivity contribution in [1.82, 2.24) is 9.62 Å². The molecular formula is C29H38N2O4S. The Balaban J connectivity index is 1.34. The zero-order chi connectivity index (χ0) is 26.0. The van der Waals surface area contributed by atoms with E-state index in [9.17, 15) is 18.3 Å². The molecule has 1 aliphatic heterocycles. The molecule has 5 rings (SSSR count). The van der Waals surface area contributed by atoms with E-state index >= 15 is 0 Å². The zero-order valence-corrected chi connectivity index (χ0v) is 22.8. The number of benzene rings is 2. The predicted molar refractivity (Wildman–Crippen MR) is 140 cm³/mol. The minimum absolute atomic E-state index is 0.00441. The van der Waals surface area contributed by atoms with Gasteiger partial charge in [-0.3, -0.25) is 4.79 Å². The molecule has 1 saturated heterocycles. The van der Waals surface area contributed by atoms with Crippen LogP contribution in [0.3, 0.4) is 0 Å². The molecule has 2 N–H and O–H groups in total. The Bertz CT molecular complexity index is 1320. The lowest BCUT2D eigenvalue weighted by molar-refractivity contribution is -0.148. The van der Waals surface area contributed by atoms with Crippen molar-refractivity contribution < 1.29 is 18.3 Å². The molecular weight excluding hydrogens is 472 g/mol. The van der Waals surface area contributed by atoms with Crippen LogP contribution in [-0.4, -0.2) is 43.0 Å². The van der Waals surface area contributed by atoms with E-state index in [2.05, 4.69) is 31.6 Å². The van der Waals surface area contributed by atoms with Gasteiger partial charge >= 0.3 is 0 Å². The fourth-order valence-electron chi connectivity index (χ4n) is 7.02. The van der Waals surface area contributed by atoms with E-state index in [0.29, 0.717) is 42.9 Å². The molecule has 2 bridgehead atoms. The van der Waals surface area contributed by atoms with Crippen molar-refractivity contribution in [2.75, 3.05) is 6.54 Å². The second-order valence-electron chi connectivity index (χ2n) is 12.0. The third kappa shape index (κ3) is 3.86. The number of carbonyl (C=O) groups is 1. The third-order valence-electron chi connectivity index (χ3n) is 9.65. The van der Waals surface area contributed by atoms with Crippen LogP contribution in [0.4, 0.5) is 0 Å². The first kappa shape index (κ1) is 25.3. The summed E-state index contributed by atoms with van der Waals surface area (Å²) >= 11 is 0. The number of aryl methyl sites for hydroxylation is 2. The van der Waals surface area contributed by atoms with Crippen molar-refractivity contribution in [3.63, 3.8) is 0 Å². The first-order chi connectivity index (χ1) is 16.8. The number of nitrogens with zero attached hydrogens (tertiary/aromatic N) is 1. The zero-order valence-electron chi connectivity index (χ0n) is 22.0. The number of hydrogen-bond donors (Lipinski definition) is 2. The van der Waals surface area contributed by atoms with E-state index in [1.807, 2.05) is 30.0 Å². The van der Waals surface area contributed by atoms with Crippen LogP contribution in [0.2, 0.25) is 0 Å². The highest BCUT2D eigenvalue weighted by Crippen LogP contribution is 2.57. The second-order valence-corrected chi connectivity index (χ2v) is 13.6. The van der Waals surface area contributed by atoms with Crippen molar-refractivity contribution in [3.05, 3.63) is 58.7 Å². The summed E-state index contributed by atoms with van der Waals surface area (Å²) in [6, 6.07) is 11.0. The molecule has 1 amide bonds. The van der Waals surface area contributed by atoms with E-state index in [4.69, 9.17) is 0 Å². The number of aromatic hydroxyl groups is 1. The Kier molecular flexibility index (Phi) is 6.03. The van der Waals surface area contributed by atoms with Crippen molar-refractivity contribution in [3.8, 4) is 5.75 Å². The lowest BCUT2D eigenvalue weighted by Gasteiger charge is -2.61. The largest absolute Gasteiger partial charge is 0.508 e.